The molecular weight excluding hydrogens is 300 g/mol. The number of Topliss-reactive ketones (excluding diaryl/α,β-unsaturated/α-hetero) is 1. The van der Waals surface area contributed by atoms with Gasteiger partial charge in [-0.05, 0) is 44.7 Å². The summed E-state index contributed by atoms with van der Waals surface area (Å²) in [5.74, 6) is 0.106. The average molecular weight is 326 g/mol. The summed E-state index contributed by atoms with van der Waals surface area (Å²) < 4.78 is 0. The zero-order chi connectivity index (χ0) is 17.4. The van der Waals surface area contributed by atoms with E-state index in [-0.39, 0.29) is 11.9 Å². The van der Waals surface area contributed by atoms with Gasteiger partial charge in [0.05, 0.1) is 0 Å². The van der Waals surface area contributed by atoms with E-state index in [9.17, 15) is 4.79 Å². The van der Waals surface area contributed by atoms with Gasteiger partial charge in [0.15, 0.2) is 0 Å². The van der Waals surface area contributed by atoms with Gasteiger partial charge in [-0.25, -0.2) is 9.78 Å². The number of carbonyl (C=O) groups is 1. The highest BCUT2D eigenvalue weighted by molar-refractivity contribution is 5.75. The van der Waals surface area contributed by atoms with Crippen molar-refractivity contribution in [1.82, 2.24) is 0 Å². The first kappa shape index (κ1) is 18.4. The second-order valence-corrected chi connectivity index (χ2v) is 6.61. The topological polar surface area (TPSA) is 35.5 Å². The lowest BCUT2D eigenvalue weighted by molar-refractivity contribution is -0.382. The van der Waals surface area contributed by atoms with Crippen molar-refractivity contribution >= 4 is 5.78 Å². The summed E-state index contributed by atoms with van der Waals surface area (Å²) in [5.41, 5.74) is 1.70. The van der Waals surface area contributed by atoms with Gasteiger partial charge in [0.2, 0.25) is 0 Å². The molecule has 0 spiro atoms. The van der Waals surface area contributed by atoms with Crippen molar-refractivity contribution in [3.8, 4) is 0 Å². The highest BCUT2D eigenvalue weighted by Gasteiger charge is 2.25. The Morgan fingerprint density at radius 2 is 1.58 bits per heavy atom. The fourth-order valence-electron chi connectivity index (χ4n) is 2.55. The number of rotatable bonds is 9. The van der Waals surface area contributed by atoms with Crippen LogP contribution in [0.2, 0.25) is 0 Å². The second-order valence-electron chi connectivity index (χ2n) is 6.61. The van der Waals surface area contributed by atoms with Crippen LogP contribution in [0.25, 0.3) is 0 Å². The van der Waals surface area contributed by atoms with Crippen molar-refractivity contribution in [3.63, 3.8) is 0 Å². The molecule has 0 aliphatic heterocycles. The summed E-state index contributed by atoms with van der Waals surface area (Å²) in [6, 6.07) is 20.1. The van der Waals surface area contributed by atoms with Gasteiger partial charge in [0, 0.05) is 6.42 Å². The van der Waals surface area contributed by atoms with Gasteiger partial charge in [-0.1, -0.05) is 60.7 Å². The molecular formula is C21H26O3. The SMILES string of the molecule is CC(=O)C[C@@H](CCc1ccccc1)OOC(C)(C)c1ccccc1. The third kappa shape index (κ3) is 5.91. The first-order valence-corrected chi connectivity index (χ1v) is 8.41. The van der Waals surface area contributed by atoms with E-state index < -0.39 is 5.60 Å². The quantitative estimate of drug-likeness (QED) is 0.488. The number of ketones is 1. The molecule has 0 unspecified atom stereocenters. The van der Waals surface area contributed by atoms with Crippen LogP contribution in [-0.4, -0.2) is 11.9 Å². The highest BCUT2D eigenvalue weighted by Crippen LogP contribution is 2.26. The van der Waals surface area contributed by atoms with Crippen molar-refractivity contribution in [1.29, 1.82) is 0 Å². The number of hydrogen-bond acceptors (Lipinski definition) is 3. The maximum Gasteiger partial charge on any atom is 0.132 e. The molecule has 128 valence electrons. The molecule has 3 heteroatoms. The minimum absolute atomic E-state index is 0.106. The predicted octanol–water partition coefficient (Wildman–Crippen LogP) is 4.85. The van der Waals surface area contributed by atoms with Gasteiger partial charge < -0.3 is 0 Å². The van der Waals surface area contributed by atoms with Crippen molar-refractivity contribution in [2.24, 2.45) is 0 Å². The molecule has 0 fully saturated rings. The molecule has 0 aliphatic carbocycles. The smallest absolute Gasteiger partial charge is 0.132 e. The molecule has 24 heavy (non-hydrogen) atoms. The molecule has 0 amide bonds. The summed E-state index contributed by atoms with van der Waals surface area (Å²) in [7, 11) is 0. The Morgan fingerprint density at radius 1 is 1.00 bits per heavy atom. The number of aryl methyl sites for hydroxylation is 1. The molecule has 0 aromatic heterocycles. The molecule has 0 saturated heterocycles. The Kier molecular flexibility index (Phi) is 6.71. The van der Waals surface area contributed by atoms with E-state index in [1.165, 1.54) is 5.56 Å². The Morgan fingerprint density at radius 3 is 2.17 bits per heavy atom. The van der Waals surface area contributed by atoms with E-state index in [0.29, 0.717) is 6.42 Å². The Balaban J connectivity index is 1.94. The largest absolute Gasteiger partial charge is 0.300 e. The predicted molar refractivity (Wildman–Crippen MR) is 95.5 cm³/mol. The molecule has 0 radical (unpaired) electrons. The lowest BCUT2D eigenvalue weighted by Gasteiger charge is -2.27. The zero-order valence-electron chi connectivity index (χ0n) is 14.7. The molecule has 2 aromatic rings. The van der Waals surface area contributed by atoms with Gasteiger partial charge in [0.25, 0.3) is 0 Å². The fourth-order valence-corrected chi connectivity index (χ4v) is 2.55. The zero-order valence-corrected chi connectivity index (χ0v) is 14.7. The molecule has 0 heterocycles. The Hall–Kier alpha value is -1.97. The van der Waals surface area contributed by atoms with Crippen LogP contribution < -0.4 is 0 Å². The highest BCUT2D eigenvalue weighted by atomic mass is 17.2. The molecule has 0 aliphatic rings. The summed E-state index contributed by atoms with van der Waals surface area (Å²) >= 11 is 0. The molecule has 0 bridgehead atoms. The first-order chi connectivity index (χ1) is 11.5. The van der Waals surface area contributed by atoms with Gasteiger partial charge in [0.1, 0.15) is 17.5 Å². The van der Waals surface area contributed by atoms with Gasteiger partial charge in [-0.15, -0.1) is 0 Å². The van der Waals surface area contributed by atoms with Crippen LogP contribution in [0.5, 0.6) is 0 Å². The molecule has 1 atom stereocenters. The van der Waals surface area contributed by atoms with Crippen LogP contribution in [0.3, 0.4) is 0 Å². The van der Waals surface area contributed by atoms with E-state index in [1.807, 2.05) is 62.4 Å². The maximum absolute atomic E-state index is 11.5. The third-order valence-corrected chi connectivity index (χ3v) is 3.97. The molecule has 2 rings (SSSR count). The first-order valence-electron chi connectivity index (χ1n) is 8.41. The van der Waals surface area contributed by atoms with Crippen molar-refractivity contribution in [2.75, 3.05) is 0 Å². The van der Waals surface area contributed by atoms with Crippen molar-refractivity contribution in [3.05, 3.63) is 71.8 Å². The monoisotopic (exact) mass is 326 g/mol. The van der Waals surface area contributed by atoms with Crippen LogP contribution >= 0.6 is 0 Å². The Labute approximate surface area is 144 Å². The van der Waals surface area contributed by atoms with Gasteiger partial charge in [-0.2, -0.15) is 0 Å². The number of benzene rings is 2. The summed E-state index contributed by atoms with van der Waals surface area (Å²) in [5, 5.41) is 0. The van der Waals surface area contributed by atoms with E-state index in [2.05, 4.69) is 12.1 Å². The maximum atomic E-state index is 11.5. The van der Waals surface area contributed by atoms with E-state index >= 15 is 0 Å². The van der Waals surface area contributed by atoms with Crippen LogP contribution in [0.15, 0.2) is 60.7 Å². The van der Waals surface area contributed by atoms with Crippen molar-refractivity contribution in [2.45, 2.75) is 51.7 Å². The molecule has 0 N–H and O–H groups in total. The Bertz CT molecular complexity index is 620. The normalized spacial score (nSPS) is 12.8. The van der Waals surface area contributed by atoms with E-state index in [4.69, 9.17) is 9.78 Å². The minimum Gasteiger partial charge on any atom is -0.300 e. The van der Waals surface area contributed by atoms with Crippen molar-refractivity contribution < 1.29 is 14.6 Å². The summed E-state index contributed by atoms with van der Waals surface area (Å²) in [6.07, 6.45) is 1.71. The molecule has 0 saturated carbocycles. The van der Waals surface area contributed by atoms with E-state index in [0.717, 1.165) is 18.4 Å². The minimum atomic E-state index is -0.566. The van der Waals surface area contributed by atoms with Crippen LogP contribution in [0.1, 0.15) is 44.7 Å². The molecule has 2 aromatic carbocycles. The standard InChI is InChI=1S/C21H26O3/c1-17(22)16-20(15-14-18-10-6-4-7-11-18)23-24-21(2,3)19-12-8-5-9-13-19/h4-13,20H,14-16H2,1-3H3/t20-/m1/s1. The lowest BCUT2D eigenvalue weighted by atomic mass is 9.99. The van der Waals surface area contributed by atoms with Gasteiger partial charge in [-0.3, -0.25) is 4.79 Å². The van der Waals surface area contributed by atoms with Gasteiger partial charge >= 0.3 is 0 Å². The summed E-state index contributed by atoms with van der Waals surface area (Å²) in [6.45, 7) is 5.51. The number of hydrogen-bond donors (Lipinski definition) is 0. The van der Waals surface area contributed by atoms with Crippen LogP contribution in [0.4, 0.5) is 0 Å². The fraction of sp³-hybridized carbons (Fsp3) is 0.381. The summed E-state index contributed by atoms with van der Waals surface area (Å²) in [4.78, 5) is 22.9. The van der Waals surface area contributed by atoms with E-state index in [1.54, 1.807) is 6.92 Å². The lowest BCUT2D eigenvalue weighted by Crippen LogP contribution is -2.27. The average Bonchev–Trinajstić information content (AvgIpc) is 2.59. The van der Waals surface area contributed by atoms with Crippen LogP contribution in [0, 0.1) is 0 Å². The van der Waals surface area contributed by atoms with Crippen LogP contribution in [-0.2, 0) is 26.6 Å². The third-order valence-electron chi connectivity index (χ3n) is 3.97. The number of carbonyl (C=O) groups excluding carboxylic acids is 1. The second kappa shape index (κ2) is 8.76. The molecule has 3 nitrogen and oxygen atoms in total.